The maximum Gasteiger partial charge on any atom is 0.215 e. The van der Waals surface area contributed by atoms with Crippen LogP contribution < -0.4 is 37.8 Å². The molecule has 5 rings (SSSR count). The fraction of sp³-hybridized carbons (Fsp3) is 0.395. The topological polar surface area (TPSA) is 406 Å². The molecular formula is C43H66BrFN4O20P8. The number of aromatic nitrogens is 4. The first-order chi connectivity index (χ1) is 34.5. The number of rotatable bonds is 20. The Hall–Kier alpha value is -2.41. The number of benzene rings is 1. The lowest BCUT2D eigenvalue weighted by molar-refractivity contribution is -0.696. The summed E-state index contributed by atoms with van der Waals surface area (Å²) in [4.78, 5) is 119. The first-order valence-corrected chi connectivity index (χ1v) is 38.3. The Labute approximate surface area is 455 Å². The third-order valence-corrected chi connectivity index (χ3v) is 28.4. The van der Waals surface area contributed by atoms with Crippen molar-refractivity contribution in [3.05, 3.63) is 144 Å². The smallest absolute Gasteiger partial charge is 0.215 e. The molecule has 24 nitrogen and oxygen atoms in total. The third kappa shape index (κ3) is 27.3. The Morgan fingerprint density at radius 1 is 0.468 bits per heavy atom. The van der Waals surface area contributed by atoms with E-state index in [0.29, 0.717) is 4.47 Å². The monoisotopic (exact) mass is 1300 g/mol. The highest BCUT2D eigenvalue weighted by Crippen LogP contribution is 2.60. The molecule has 8 N–H and O–H groups in total. The predicted molar refractivity (Wildman–Crippen MR) is 282 cm³/mol. The van der Waals surface area contributed by atoms with Crippen molar-refractivity contribution in [2.75, 3.05) is 26.7 Å². The summed E-state index contributed by atoms with van der Waals surface area (Å²) in [6, 6.07) is 22.5. The van der Waals surface area contributed by atoms with E-state index in [1.165, 1.54) is 26.0 Å². The molecule has 5 aromatic rings. The van der Waals surface area contributed by atoms with E-state index in [1.807, 2.05) is 42.5 Å². The molecule has 0 fully saturated rings. The number of unbranched alkanes of at least 4 members (excludes halogenated alkanes) is 1. The number of halogens is 2. The molecule has 432 valence electrons. The van der Waals surface area contributed by atoms with Crippen LogP contribution in [0.15, 0.2) is 133 Å². The van der Waals surface area contributed by atoms with Crippen molar-refractivity contribution in [3.8, 4) is 11.1 Å². The lowest BCUT2D eigenvalue weighted by Crippen LogP contribution is -2.40. The van der Waals surface area contributed by atoms with Crippen LogP contribution in [0, 0.1) is 5.82 Å². The summed E-state index contributed by atoms with van der Waals surface area (Å²) in [6.45, 7) is 4.41. The van der Waals surface area contributed by atoms with E-state index in [1.54, 1.807) is 61.4 Å². The first kappa shape index (κ1) is 72.6. The molecule has 0 spiro atoms. The number of nitrogens with zero attached hydrogens (tertiary/aromatic N) is 4. The van der Waals surface area contributed by atoms with Crippen LogP contribution in [0.3, 0.4) is 0 Å². The van der Waals surface area contributed by atoms with E-state index in [2.05, 4.69) is 22.9 Å². The van der Waals surface area contributed by atoms with Crippen molar-refractivity contribution in [2.24, 2.45) is 0 Å². The van der Waals surface area contributed by atoms with Gasteiger partial charge in [0.2, 0.25) is 35.7 Å². The van der Waals surface area contributed by atoms with Crippen LogP contribution in [0.5, 0.6) is 0 Å². The van der Waals surface area contributed by atoms with Crippen molar-refractivity contribution < 1.29 is 118 Å². The van der Waals surface area contributed by atoms with Crippen molar-refractivity contribution in [1.82, 2.24) is 0 Å². The minimum atomic E-state index is -4.98. The molecule has 0 aliphatic carbocycles. The van der Waals surface area contributed by atoms with E-state index >= 15 is 0 Å². The third-order valence-electron chi connectivity index (χ3n) is 10.6. The quantitative estimate of drug-likeness (QED) is 0.0408. The first-order valence-electron chi connectivity index (χ1n) is 22.2. The standard InChI is InChI=1S/C14H17NO5P2.C12H21NO5P2.C8H12BrNO5P2.C8H12FNO5P2.CH4/c1-21(16,17)14(22(18,19)20)11-15-9-5-8-13(10-15)12-6-3-2-4-7-12;1-3-4-6-11-7-5-8-13(9-11)10-12(19(2,14)15)20(16,17)18;2*1-16(11,12)8(17(13,14)15)6-10-4-2-3-7(9)5-10;/h2-10,14H,11H2,1H3,(H2-,16,17,18,19,20);5,7-9,12H,3-4,6,10H2,1-2H3,(H2-,14,15,16,17,18);2*2-5,8H,6H2,1H3,(H2-,11,12,13,14,15);1H4. The average Bonchev–Trinajstić information content (AvgIpc) is 3.26. The predicted octanol–water partition coefficient (Wildman–Crippen LogP) is 3.53. The average molecular weight is 1310 g/mol. The molecule has 0 amide bonds. The summed E-state index contributed by atoms with van der Waals surface area (Å²) in [6.07, 6.45) is 14.9. The Bertz CT molecular complexity index is 2910. The zero-order valence-electron chi connectivity index (χ0n) is 41.5. The summed E-state index contributed by atoms with van der Waals surface area (Å²) in [5.41, 5.74) is 2.80. The zero-order valence-corrected chi connectivity index (χ0v) is 50.2. The van der Waals surface area contributed by atoms with E-state index in [0.717, 1.165) is 79.4 Å². The van der Waals surface area contributed by atoms with E-state index < -0.39 is 93.8 Å². The van der Waals surface area contributed by atoms with E-state index in [4.69, 9.17) is 14.7 Å². The van der Waals surface area contributed by atoms with Crippen LogP contribution >= 0.6 is 75.8 Å². The summed E-state index contributed by atoms with van der Waals surface area (Å²) in [7, 11) is -35.6. The van der Waals surface area contributed by atoms with Gasteiger partial charge in [-0.2, -0.15) is 0 Å². The molecule has 0 aliphatic heterocycles. The van der Waals surface area contributed by atoms with Gasteiger partial charge < -0.3 is 77.0 Å². The fourth-order valence-electron chi connectivity index (χ4n) is 6.72. The van der Waals surface area contributed by atoms with Gasteiger partial charge in [0.15, 0.2) is 127 Å². The summed E-state index contributed by atoms with van der Waals surface area (Å²) in [5.74, 6) is -0.617. The molecule has 0 aliphatic rings. The van der Waals surface area contributed by atoms with Crippen LogP contribution in [-0.2, 0) is 69.1 Å². The van der Waals surface area contributed by atoms with Gasteiger partial charge in [-0.1, -0.05) is 51.1 Å². The number of aryl methyl sites for hydroxylation is 1. The Morgan fingerprint density at radius 2 is 0.792 bits per heavy atom. The largest absolute Gasteiger partial charge is 0.778 e. The van der Waals surface area contributed by atoms with Crippen LogP contribution in [0.4, 0.5) is 4.39 Å². The molecule has 12 atom stereocenters. The van der Waals surface area contributed by atoms with Crippen LogP contribution in [0.2, 0.25) is 0 Å². The highest BCUT2D eigenvalue weighted by atomic mass is 79.9. The molecule has 77 heavy (non-hydrogen) atoms. The van der Waals surface area contributed by atoms with Crippen LogP contribution in [-0.4, -0.2) is 87.4 Å². The normalized spacial score (nSPS) is 19.1. The van der Waals surface area contributed by atoms with Gasteiger partial charge in [-0.3, -0.25) is 18.3 Å². The van der Waals surface area contributed by atoms with Gasteiger partial charge in [0, 0.05) is 62.1 Å². The number of hydrogen-bond donors (Lipinski definition) is 8. The van der Waals surface area contributed by atoms with Gasteiger partial charge in [0.1, 0.15) is 0 Å². The lowest BCUT2D eigenvalue weighted by atomic mass is 10.1. The molecule has 4 aromatic heterocycles. The molecule has 34 heteroatoms. The van der Waals surface area contributed by atoms with Crippen molar-refractivity contribution in [1.29, 1.82) is 0 Å². The molecule has 0 saturated carbocycles. The highest BCUT2D eigenvalue weighted by molar-refractivity contribution is 9.10. The van der Waals surface area contributed by atoms with Crippen molar-refractivity contribution >= 4 is 75.8 Å². The van der Waals surface area contributed by atoms with Gasteiger partial charge in [0.05, 0.1) is 4.47 Å². The Kier molecular flexibility index (Phi) is 28.8. The van der Waals surface area contributed by atoms with Crippen molar-refractivity contribution in [2.45, 2.75) is 81.4 Å². The van der Waals surface area contributed by atoms with Crippen LogP contribution in [0.25, 0.3) is 11.1 Å². The van der Waals surface area contributed by atoms with Gasteiger partial charge in [0.25, 0.3) is 0 Å². The minimum Gasteiger partial charge on any atom is -0.778 e. The van der Waals surface area contributed by atoms with Gasteiger partial charge in [-0.25, -0.2) is 22.7 Å². The molecule has 0 saturated heterocycles. The second-order valence-corrected chi connectivity index (χ2v) is 37.1. The Morgan fingerprint density at radius 3 is 1.14 bits per heavy atom. The van der Waals surface area contributed by atoms with Crippen molar-refractivity contribution in [3.63, 3.8) is 0 Å². The zero-order chi connectivity index (χ0) is 58.3. The Balaban J connectivity index is 0.000000514. The maximum absolute atomic E-state index is 12.8. The number of hydrogen-bond acceptors (Lipinski definition) is 12. The second kappa shape index (κ2) is 30.6. The number of pyridine rings is 4. The SMILES string of the molecule is C.CCCCc1ccc[n+](CC(P(C)(=O)O)P(=O)([O-])O)c1.CP(=O)(O)C(C[n+]1cccc(-c2ccccc2)c1)P(=O)([O-])O.CP(=O)(O)C(C[n+]1cccc(Br)c1)P(=O)([O-])O.CP(=O)(O)C(C[n+]1cccc(F)c1)P(=O)([O-])O. The fourth-order valence-corrected chi connectivity index (χ4v) is 19.3. The summed E-state index contributed by atoms with van der Waals surface area (Å²) < 4.78 is 110. The second-order valence-electron chi connectivity index (χ2n) is 17.6. The van der Waals surface area contributed by atoms with Gasteiger partial charge in [-0.05, 0) is 58.6 Å². The molecule has 1 aromatic carbocycles. The molecule has 4 heterocycles. The van der Waals surface area contributed by atoms with E-state index in [-0.39, 0.29) is 27.1 Å². The minimum absolute atomic E-state index is 0. The highest BCUT2D eigenvalue weighted by Gasteiger charge is 2.41. The summed E-state index contributed by atoms with van der Waals surface area (Å²) in [5, 5.41) is -6.95. The lowest BCUT2D eigenvalue weighted by Gasteiger charge is -2.26. The van der Waals surface area contributed by atoms with Crippen LogP contribution in [0.1, 0.15) is 32.8 Å². The maximum atomic E-state index is 12.8. The molecule has 12 unspecified atom stereocenters. The summed E-state index contributed by atoms with van der Waals surface area (Å²) >= 11 is 3.19. The molecule has 0 bridgehead atoms. The molecular weight excluding hydrogens is 1240 g/mol. The van der Waals surface area contributed by atoms with E-state index in [9.17, 15) is 85.0 Å². The molecule has 0 radical (unpaired) electrons. The van der Waals surface area contributed by atoms with Gasteiger partial charge in [-0.15, -0.1) is 0 Å². The van der Waals surface area contributed by atoms with Gasteiger partial charge >= 0.3 is 0 Å².